The molecule has 1 heterocycles. The highest BCUT2D eigenvalue weighted by molar-refractivity contribution is 6.37. The van der Waals surface area contributed by atoms with Crippen LogP contribution < -0.4 is 4.74 Å². The third-order valence-corrected chi connectivity index (χ3v) is 5.41. The number of halogens is 4. The molecule has 2 aromatic carbocycles. The zero-order chi connectivity index (χ0) is 22.1. The molecule has 0 aliphatic carbocycles. The largest absolute Gasteiger partial charge is 0.454 e. The van der Waals surface area contributed by atoms with Crippen LogP contribution in [-0.4, -0.2) is 29.7 Å². The van der Waals surface area contributed by atoms with E-state index in [4.69, 9.17) is 32.7 Å². The third kappa shape index (κ3) is 5.35. The number of benzene rings is 2. The van der Waals surface area contributed by atoms with Crippen molar-refractivity contribution in [3.8, 4) is 11.5 Å². The summed E-state index contributed by atoms with van der Waals surface area (Å²) >= 11 is 11.9. The number of hydrogen-bond donors (Lipinski definition) is 0. The van der Waals surface area contributed by atoms with E-state index in [0.717, 1.165) is 12.0 Å². The fraction of sp³-hybridized carbons (Fsp3) is 0.409. The quantitative estimate of drug-likeness (QED) is 0.470. The van der Waals surface area contributed by atoms with E-state index in [-0.39, 0.29) is 27.8 Å². The van der Waals surface area contributed by atoms with Gasteiger partial charge in [0.25, 0.3) is 0 Å². The van der Waals surface area contributed by atoms with Gasteiger partial charge in [0.05, 0.1) is 0 Å². The number of carbonyl (C=O) groups excluding carboxylic acids is 1. The molecule has 4 nitrogen and oxygen atoms in total. The van der Waals surface area contributed by atoms with Crippen molar-refractivity contribution in [2.24, 2.45) is 5.92 Å². The number of hydrogen-bond acceptors (Lipinski definition) is 3. The molecule has 0 saturated carbocycles. The van der Waals surface area contributed by atoms with Gasteiger partial charge in [-0.05, 0) is 51.2 Å². The molecule has 1 saturated heterocycles. The summed E-state index contributed by atoms with van der Waals surface area (Å²) in [4.78, 5) is 14.0. The van der Waals surface area contributed by atoms with Crippen LogP contribution in [0.3, 0.4) is 0 Å². The van der Waals surface area contributed by atoms with Crippen molar-refractivity contribution in [1.29, 1.82) is 0 Å². The standard InChI is InChI=1S/C22H23Cl2F2NO3/c1-22(2,3)30-21(28)27-9-8-13(12-27)10-14-6-4-5-7-17(14)29-20-18(23)15(25)11-16(26)19(20)24/h4-7,11,13H,8-10,12H2,1-3H3. The van der Waals surface area contributed by atoms with Crippen molar-refractivity contribution in [3.05, 3.63) is 57.6 Å². The van der Waals surface area contributed by atoms with Crippen molar-refractivity contribution < 1.29 is 23.0 Å². The lowest BCUT2D eigenvalue weighted by atomic mass is 9.98. The van der Waals surface area contributed by atoms with Crippen LogP contribution in [0.1, 0.15) is 32.8 Å². The molecule has 1 amide bonds. The number of nitrogens with zero attached hydrogens (tertiary/aromatic N) is 1. The van der Waals surface area contributed by atoms with Gasteiger partial charge in [-0.15, -0.1) is 0 Å². The predicted molar refractivity (Wildman–Crippen MR) is 113 cm³/mol. The summed E-state index contributed by atoms with van der Waals surface area (Å²) in [5, 5.41) is -0.763. The van der Waals surface area contributed by atoms with Crippen molar-refractivity contribution >= 4 is 29.3 Å². The SMILES string of the molecule is CC(C)(C)OC(=O)N1CCC(Cc2ccccc2Oc2c(Cl)c(F)cc(F)c2Cl)C1. The maximum Gasteiger partial charge on any atom is 0.410 e. The summed E-state index contributed by atoms with van der Waals surface area (Å²) in [7, 11) is 0. The molecule has 1 fully saturated rings. The first kappa shape index (κ1) is 22.6. The van der Waals surface area contributed by atoms with E-state index in [1.54, 1.807) is 17.0 Å². The Labute approximate surface area is 184 Å². The first-order chi connectivity index (χ1) is 14.0. The van der Waals surface area contributed by atoms with Gasteiger partial charge in [0.1, 0.15) is 33.0 Å². The highest BCUT2D eigenvalue weighted by Gasteiger charge is 2.30. The topological polar surface area (TPSA) is 38.8 Å². The number of para-hydroxylation sites is 1. The Balaban J connectivity index is 1.74. The third-order valence-electron chi connectivity index (χ3n) is 4.70. The summed E-state index contributed by atoms with van der Waals surface area (Å²) in [6.07, 6.45) is 1.09. The zero-order valence-electron chi connectivity index (χ0n) is 17.0. The number of ether oxygens (including phenoxy) is 2. The van der Waals surface area contributed by atoms with Gasteiger partial charge in [-0.2, -0.15) is 0 Å². The minimum Gasteiger partial charge on any atom is -0.454 e. The molecule has 1 unspecified atom stereocenters. The average Bonchev–Trinajstić information content (AvgIpc) is 3.12. The lowest BCUT2D eigenvalue weighted by molar-refractivity contribution is 0.0288. The second-order valence-corrected chi connectivity index (χ2v) is 9.05. The van der Waals surface area contributed by atoms with Gasteiger partial charge in [0, 0.05) is 19.2 Å². The van der Waals surface area contributed by atoms with Gasteiger partial charge in [-0.1, -0.05) is 41.4 Å². The molecule has 8 heteroatoms. The Hall–Kier alpha value is -2.05. The molecule has 0 aromatic heterocycles. The van der Waals surface area contributed by atoms with Crippen molar-refractivity contribution in [1.82, 2.24) is 4.90 Å². The van der Waals surface area contributed by atoms with Crippen molar-refractivity contribution in [3.63, 3.8) is 0 Å². The van der Waals surface area contributed by atoms with Crippen LogP contribution in [-0.2, 0) is 11.2 Å². The Bertz CT molecular complexity index is 920. The minimum atomic E-state index is -0.949. The molecule has 0 spiro atoms. The summed E-state index contributed by atoms with van der Waals surface area (Å²) in [5.74, 6) is -1.56. The molecule has 2 aromatic rings. The van der Waals surface area contributed by atoms with E-state index in [1.807, 2.05) is 32.9 Å². The monoisotopic (exact) mass is 457 g/mol. The van der Waals surface area contributed by atoms with Crippen molar-refractivity contribution in [2.45, 2.75) is 39.2 Å². The molecule has 3 rings (SSSR count). The zero-order valence-corrected chi connectivity index (χ0v) is 18.5. The molecule has 1 aliphatic heterocycles. The molecule has 1 aliphatic rings. The van der Waals surface area contributed by atoms with E-state index in [9.17, 15) is 13.6 Å². The molecule has 0 bridgehead atoms. The second-order valence-electron chi connectivity index (χ2n) is 8.29. The average molecular weight is 458 g/mol. The molecule has 0 radical (unpaired) electrons. The maximum atomic E-state index is 13.8. The molecular formula is C22H23Cl2F2NO3. The van der Waals surface area contributed by atoms with Crippen LogP contribution in [0.4, 0.5) is 13.6 Å². The van der Waals surface area contributed by atoms with E-state index in [2.05, 4.69) is 0 Å². The first-order valence-electron chi connectivity index (χ1n) is 9.62. The highest BCUT2D eigenvalue weighted by atomic mass is 35.5. The molecule has 1 atom stereocenters. The van der Waals surface area contributed by atoms with Gasteiger partial charge >= 0.3 is 6.09 Å². The second kappa shape index (κ2) is 8.98. The van der Waals surface area contributed by atoms with E-state index in [1.165, 1.54) is 0 Å². The summed E-state index contributed by atoms with van der Waals surface area (Å²) < 4.78 is 38.8. The number of rotatable bonds is 4. The molecule has 0 N–H and O–H groups in total. The summed E-state index contributed by atoms with van der Waals surface area (Å²) in [6.45, 7) is 6.65. The van der Waals surface area contributed by atoms with Crippen LogP contribution in [0.15, 0.2) is 30.3 Å². The van der Waals surface area contributed by atoms with Crippen molar-refractivity contribution in [2.75, 3.05) is 13.1 Å². The van der Waals surface area contributed by atoms with Crippen LogP contribution in [0.2, 0.25) is 10.0 Å². The van der Waals surface area contributed by atoms with Gasteiger partial charge in [0.2, 0.25) is 0 Å². The van der Waals surface area contributed by atoms with Crippen LogP contribution in [0, 0.1) is 17.6 Å². The van der Waals surface area contributed by atoms with Gasteiger partial charge < -0.3 is 14.4 Å². The van der Waals surface area contributed by atoms with Gasteiger partial charge in [-0.3, -0.25) is 0 Å². The van der Waals surface area contributed by atoms with Crippen LogP contribution >= 0.6 is 23.2 Å². The van der Waals surface area contributed by atoms with Crippen LogP contribution in [0.25, 0.3) is 0 Å². The smallest absolute Gasteiger partial charge is 0.410 e. The lowest BCUT2D eigenvalue weighted by Crippen LogP contribution is -2.35. The highest BCUT2D eigenvalue weighted by Crippen LogP contribution is 2.41. The lowest BCUT2D eigenvalue weighted by Gasteiger charge is -2.24. The normalized spacial score (nSPS) is 16.6. The number of likely N-dealkylation sites (tertiary alicyclic amines) is 1. The predicted octanol–water partition coefficient (Wildman–Crippen LogP) is 6.86. The first-order valence-corrected chi connectivity index (χ1v) is 10.4. The summed E-state index contributed by atoms with van der Waals surface area (Å²) in [5.41, 5.74) is 0.277. The fourth-order valence-electron chi connectivity index (χ4n) is 3.33. The Morgan fingerprint density at radius 1 is 1.17 bits per heavy atom. The Kier molecular flexibility index (Phi) is 6.78. The Morgan fingerprint density at radius 3 is 2.43 bits per heavy atom. The molecule has 30 heavy (non-hydrogen) atoms. The maximum absolute atomic E-state index is 13.8. The number of carbonyl (C=O) groups is 1. The summed E-state index contributed by atoms with van der Waals surface area (Å²) in [6, 6.07) is 7.76. The van der Waals surface area contributed by atoms with Gasteiger partial charge in [-0.25, -0.2) is 13.6 Å². The van der Waals surface area contributed by atoms with Crippen LogP contribution in [0.5, 0.6) is 11.5 Å². The van der Waals surface area contributed by atoms with Gasteiger partial charge in [0.15, 0.2) is 5.75 Å². The Morgan fingerprint density at radius 2 is 1.80 bits per heavy atom. The molecular weight excluding hydrogens is 435 g/mol. The fourth-order valence-corrected chi connectivity index (χ4v) is 3.75. The number of amides is 1. The van der Waals surface area contributed by atoms with E-state index >= 15 is 0 Å². The van der Waals surface area contributed by atoms with E-state index in [0.29, 0.717) is 31.3 Å². The minimum absolute atomic E-state index is 0.192. The van der Waals surface area contributed by atoms with E-state index < -0.39 is 17.2 Å². The molecule has 162 valence electrons.